The Labute approximate surface area is 212 Å². The van der Waals surface area contributed by atoms with Crippen molar-refractivity contribution in [2.45, 2.75) is 36.8 Å². The van der Waals surface area contributed by atoms with Gasteiger partial charge in [-0.2, -0.15) is 0 Å². The molecule has 192 valence electrons. The third kappa shape index (κ3) is 4.90. The molecule has 1 aliphatic carbocycles. The number of aromatic nitrogens is 2. The first-order chi connectivity index (χ1) is 17.2. The van der Waals surface area contributed by atoms with Gasteiger partial charge in [0, 0.05) is 32.4 Å². The third-order valence-electron chi connectivity index (χ3n) is 7.71. The molecule has 10 nitrogen and oxygen atoms in total. The van der Waals surface area contributed by atoms with Crippen LogP contribution >= 0.6 is 0 Å². The van der Waals surface area contributed by atoms with Crippen LogP contribution in [0, 0.1) is 0 Å². The number of carbonyl (C=O) groups is 3. The Kier molecular flexibility index (Phi) is 7.26. The standard InChI is InChI=1S/C26H35N7O3/c1-30(2)23(35)17-33-24(36)32(16-22(34)29-21-10-15-27-19-28-21)18-25(33)11-13-26(14-12-25,31(3)4)20-8-6-5-7-9-20/h5-10,15,19H,11-14,16-18H2,1-4H3,(H,27,28,29,34). The smallest absolute Gasteiger partial charge is 0.321 e. The highest BCUT2D eigenvalue weighted by Crippen LogP contribution is 2.48. The lowest BCUT2D eigenvalue weighted by Crippen LogP contribution is -2.57. The molecule has 10 heteroatoms. The van der Waals surface area contributed by atoms with Crippen LogP contribution in [0.2, 0.25) is 0 Å². The first-order valence-electron chi connectivity index (χ1n) is 12.2. The summed E-state index contributed by atoms with van der Waals surface area (Å²) in [6.45, 7) is 0.299. The van der Waals surface area contributed by atoms with Gasteiger partial charge in [0.25, 0.3) is 0 Å². The van der Waals surface area contributed by atoms with Crippen LogP contribution < -0.4 is 5.32 Å². The number of amides is 4. The quantitative estimate of drug-likeness (QED) is 0.633. The summed E-state index contributed by atoms with van der Waals surface area (Å²) < 4.78 is 0. The summed E-state index contributed by atoms with van der Waals surface area (Å²) in [6.07, 6.45) is 6.04. The van der Waals surface area contributed by atoms with Crippen molar-refractivity contribution >= 4 is 23.7 Å². The van der Waals surface area contributed by atoms with E-state index in [4.69, 9.17) is 0 Å². The Balaban J connectivity index is 1.56. The average molecular weight is 494 g/mol. The zero-order chi connectivity index (χ0) is 25.9. The number of urea groups is 1. The van der Waals surface area contributed by atoms with E-state index in [9.17, 15) is 14.4 Å². The largest absolute Gasteiger partial charge is 0.347 e. The maximum absolute atomic E-state index is 13.6. The number of rotatable bonds is 7. The highest BCUT2D eigenvalue weighted by molar-refractivity contribution is 5.95. The summed E-state index contributed by atoms with van der Waals surface area (Å²) in [5.74, 6) is -0.0875. The van der Waals surface area contributed by atoms with Gasteiger partial charge in [-0.1, -0.05) is 30.3 Å². The van der Waals surface area contributed by atoms with E-state index < -0.39 is 5.54 Å². The minimum Gasteiger partial charge on any atom is -0.347 e. The van der Waals surface area contributed by atoms with Crippen molar-refractivity contribution in [2.24, 2.45) is 0 Å². The van der Waals surface area contributed by atoms with Gasteiger partial charge in [0.15, 0.2) is 0 Å². The Morgan fingerprint density at radius 3 is 2.28 bits per heavy atom. The second-order valence-electron chi connectivity index (χ2n) is 10.2. The van der Waals surface area contributed by atoms with Crippen molar-refractivity contribution < 1.29 is 14.4 Å². The predicted molar refractivity (Wildman–Crippen MR) is 136 cm³/mol. The summed E-state index contributed by atoms with van der Waals surface area (Å²) in [4.78, 5) is 53.9. The van der Waals surface area contributed by atoms with Crippen molar-refractivity contribution in [1.82, 2.24) is 29.6 Å². The van der Waals surface area contributed by atoms with E-state index in [0.717, 1.165) is 25.7 Å². The number of hydrogen-bond donors (Lipinski definition) is 1. The van der Waals surface area contributed by atoms with Crippen molar-refractivity contribution in [3.05, 3.63) is 54.5 Å². The molecule has 2 aliphatic rings. The average Bonchev–Trinajstić information content (AvgIpc) is 3.10. The van der Waals surface area contributed by atoms with Crippen molar-refractivity contribution in [3.8, 4) is 0 Å². The Morgan fingerprint density at radius 1 is 1.00 bits per heavy atom. The van der Waals surface area contributed by atoms with Crippen LogP contribution in [0.25, 0.3) is 0 Å². The molecule has 1 aromatic carbocycles. The summed E-state index contributed by atoms with van der Waals surface area (Å²) in [7, 11) is 7.58. The van der Waals surface area contributed by atoms with Crippen LogP contribution in [0.1, 0.15) is 31.2 Å². The van der Waals surface area contributed by atoms with Crippen LogP contribution in [-0.4, -0.2) is 101 Å². The summed E-state index contributed by atoms with van der Waals surface area (Å²) in [5.41, 5.74) is 0.600. The highest BCUT2D eigenvalue weighted by atomic mass is 16.2. The summed E-state index contributed by atoms with van der Waals surface area (Å²) in [5, 5.41) is 2.72. The molecule has 1 aliphatic heterocycles. The van der Waals surface area contributed by atoms with Crippen LogP contribution in [0.15, 0.2) is 48.9 Å². The van der Waals surface area contributed by atoms with E-state index in [1.165, 1.54) is 16.8 Å². The van der Waals surface area contributed by atoms with Crippen LogP contribution in [0.5, 0.6) is 0 Å². The molecule has 36 heavy (non-hydrogen) atoms. The fraction of sp³-hybridized carbons (Fsp3) is 0.500. The first-order valence-corrected chi connectivity index (χ1v) is 12.2. The fourth-order valence-corrected chi connectivity index (χ4v) is 5.54. The van der Waals surface area contributed by atoms with E-state index in [1.807, 2.05) is 6.07 Å². The molecule has 2 fully saturated rings. The first kappa shape index (κ1) is 25.6. The van der Waals surface area contributed by atoms with Gasteiger partial charge in [0.2, 0.25) is 11.8 Å². The van der Waals surface area contributed by atoms with Gasteiger partial charge in [-0.05, 0) is 51.4 Å². The van der Waals surface area contributed by atoms with E-state index in [2.05, 4.69) is 58.5 Å². The van der Waals surface area contributed by atoms with E-state index >= 15 is 0 Å². The van der Waals surface area contributed by atoms with Crippen molar-refractivity contribution in [3.63, 3.8) is 0 Å². The molecular weight excluding hydrogens is 458 g/mol. The molecule has 2 heterocycles. The number of likely N-dealkylation sites (N-methyl/N-ethyl adjacent to an activating group) is 1. The Morgan fingerprint density at radius 2 is 1.69 bits per heavy atom. The minimum atomic E-state index is -0.508. The molecule has 1 spiro atoms. The highest BCUT2D eigenvalue weighted by Gasteiger charge is 2.55. The maximum Gasteiger partial charge on any atom is 0.321 e. The van der Waals surface area contributed by atoms with Gasteiger partial charge in [0.05, 0.1) is 5.54 Å². The molecular formula is C26H35N7O3. The third-order valence-corrected chi connectivity index (χ3v) is 7.71. The predicted octanol–water partition coefficient (Wildman–Crippen LogP) is 2.01. The molecule has 4 rings (SSSR count). The van der Waals surface area contributed by atoms with Crippen LogP contribution in [0.4, 0.5) is 10.6 Å². The molecule has 0 unspecified atom stereocenters. The number of nitrogens with zero attached hydrogens (tertiary/aromatic N) is 6. The Bertz CT molecular complexity index is 1080. The fourth-order valence-electron chi connectivity index (χ4n) is 5.54. The lowest BCUT2D eigenvalue weighted by molar-refractivity contribution is -0.130. The van der Waals surface area contributed by atoms with E-state index in [1.54, 1.807) is 36.2 Å². The molecule has 4 amide bonds. The molecule has 1 saturated carbocycles. The number of benzene rings is 1. The van der Waals surface area contributed by atoms with E-state index in [-0.39, 0.29) is 36.5 Å². The molecule has 2 aromatic rings. The number of carbonyl (C=O) groups excluding carboxylic acids is 3. The second kappa shape index (κ2) is 10.2. The topological polar surface area (TPSA) is 102 Å². The number of anilines is 1. The van der Waals surface area contributed by atoms with Gasteiger partial charge in [-0.3, -0.25) is 14.5 Å². The molecule has 0 radical (unpaired) electrons. The van der Waals surface area contributed by atoms with Crippen LogP contribution in [0.3, 0.4) is 0 Å². The van der Waals surface area contributed by atoms with Gasteiger partial charge >= 0.3 is 6.03 Å². The minimum absolute atomic E-state index is 0.00381. The zero-order valence-corrected chi connectivity index (χ0v) is 21.5. The van der Waals surface area contributed by atoms with E-state index in [0.29, 0.717) is 12.4 Å². The SMILES string of the molecule is CN(C)C(=O)CN1C(=O)N(CC(=O)Nc2ccncn2)CC12CCC(c1ccccc1)(N(C)C)CC2. The Hall–Kier alpha value is -3.53. The van der Waals surface area contributed by atoms with Gasteiger partial charge in [-0.25, -0.2) is 14.8 Å². The number of hydrogen-bond acceptors (Lipinski definition) is 6. The summed E-state index contributed by atoms with van der Waals surface area (Å²) in [6, 6.07) is 11.8. The maximum atomic E-state index is 13.6. The van der Waals surface area contributed by atoms with Gasteiger partial charge in [0.1, 0.15) is 25.2 Å². The summed E-state index contributed by atoms with van der Waals surface area (Å²) >= 11 is 0. The van der Waals surface area contributed by atoms with Crippen molar-refractivity contribution in [2.75, 3.05) is 53.1 Å². The lowest BCUT2D eigenvalue weighted by Gasteiger charge is -2.51. The molecule has 1 saturated heterocycles. The lowest BCUT2D eigenvalue weighted by atomic mass is 9.68. The van der Waals surface area contributed by atoms with Gasteiger partial charge in [-0.15, -0.1) is 0 Å². The molecule has 1 N–H and O–H groups in total. The number of nitrogens with one attached hydrogen (secondary N) is 1. The monoisotopic (exact) mass is 493 g/mol. The molecule has 0 bridgehead atoms. The van der Waals surface area contributed by atoms with Gasteiger partial charge < -0.3 is 20.0 Å². The van der Waals surface area contributed by atoms with Crippen LogP contribution in [-0.2, 0) is 15.1 Å². The normalized spacial score (nSPS) is 23.9. The second-order valence-corrected chi connectivity index (χ2v) is 10.2. The van der Waals surface area contributed by atoms with Crippen molar-refractivity contribution in [1.29, 1.82) is 0 Å². The zero-order valence-electron chi connectivity index (χ0n) is 21.5. The molecule has 1 aromatic heterocycles. The molecule has 0 atom stereocenters.